The van der Waals surface area contributed by atoms with Crippen LogP contribution in [-0.4, -0.2) is 30.7 Å². The monoisotopic (exact) mass is 280 g/mol. The third kappa shape index (κ3) is 4.60. The highest BCUT2D eigenvalue weighted by molar-refractivity contribution is 5.94. The fourth-order valence-electron chi connectivity index (χ4n) is 1.30. The van der Waals surface area contributed by atoms with Crippen LogP contribution in [0.5, 0.6) is 0 Å². The largest absolute Gasteiger partial charge is 0.450 e. The van der Waals surface area contributed by atoms with Crippen LogP contribution in [0.3, 0.4) is 0 Å². The van der Waals surface area contributed by atoms with Gasteiger partial charge in [0.25, 0.3) is 5.91 Å². The number of carbonyl (C=O) groups excluding carboxylic acids is 3. The third-order valence-electron chi connectivity index (χ3n) is 2.30. The first-order valence-corrected chi connectivity index (χ1v) is 5.98. The molecule has 0 aliphatic heterocycles. The summed E-state index contributed by atoms with van der Waals surface area (Å²) in [6, 6.07) is 6.05. The highest BCUT2D eigenvalue weighted by atomic mass is 16.6. The molecule has 3 N–H and O–H groups in total. The number of benzene rings is 1. The molecule has 0 heterocycles. The summed E-state index contributed by atoms with van der Waals surface area (Å²) in [6.45, 7) is 3.29. The van der Waals surface area contributed by atoms with E-state index in [1.54, 1.807) is 19.1 Å². The molecule has 1 rings (SSSR count). The highest BCUT2D eigenvalue weighted by Crippen LogP contribution is 2.12. The Morgan fingerprint density at radius 2 is 2.05 bits per heavy atom. The summed E-state index contributed by atoms with van der Waals surface area (Å²) in [7, 11) is 0. The van der Waals surface area contributed by atoms with Gasteiger partial charge in [-0.1, -0.05) is 6.07 Å². The maximum Gasteiger partial charge on any atom is 0.411 e. The molecule has 1 aromatic rings. The normalized spacial score (nSPS) is 11.3. The first-order chi connectivity index (χ1) is 9.43. The number of hydrogen-bond donors (Lipinski definition) is 2. The number of amides is 2. The lowest BCUT2D eigenvalue weighted by Crippen LogP contribution is -2.30. The molecule has 0 aliphatic carbocycles. The fourth-order valence-corrected chi connectivity index (χ4v) is 1.30. The zero-order chi connectivity index (χ0) is 15.1. The van der Waals surface area contributed by atoms with Gasteiger partial charge >= 0.3 is 12.1 Å². The molecule has 108 valence electrons. The van der Waals surface area contributed by atoms with Crippen LogP contribution in [0.15, 0.2) is 24.3 Å². The Morgan fingerprint density at radius 1 is 1.35 bits per heavy atom. The maximum absolute atomic E-state index is 11.7. The molecule has 7 heteroatoms. The second kappa shape index (κ2) is 7.13. The molecule has 20 heavy (non-hydrogen) atoms. The van der Waals surface area contributed by atoms with E-state index < -0.39 is 24.1 Å². The topological polar surface area (TPSA) is 108 Å². The van der Waals surface area contributed by atoms with Crippen LogP contribution in [-0.2, 0) is 14.3 Å². The van der Waals surface area contributed by atoms with Gasteiger partial charge in [0.1, 0.15) is 0 Å². The molecular formula is C13H16N2O5. The predicted molar refractivity (Wildman–Crippen MR) is 71.2 cm³/mol. The number of nitrogens with two attached hydrogens (primary N) is 1. The van der Waals surface area contributed by atoms with Crippen molar-refractivity contribution in [1.29, 1.82) is 0 Å². The first-order valence-electron chi connectivity index (χ1n) is 5.98. The van der Waals surface area contributed by atoms with Gasteiger partial charge in [0.05, 0.1) is 12.2 Å². The summed E-state index contributed by atoms with van der Waals surface area (Å²) in [4.78, 5) is 33.8. The number of anilines is 1. The molecule has 0 radical (unpaired) electrons. The van der Waals surface area contributed by atoms with Crippen LogP contribution >= 0.6 is 0 Å². The average Bonchev–Trinajstić information content (AvgIpc) is 2.39. The number of esters is 1. The summed E-state index contributed by atoms with van der Waals surface area (Å²) in [5, 5.41) is 2.45. The quantitative estimate of drug-likeness (QED) is 0.790. The van der Waals surface area contributed by atoms with E-state index in [1.165, 1.54) is 19.1 Å². The Balaban J connectivity index is 2.74. The van der Waals surface area contributed by atoms with E-state index in [0.717, 1.165) is 0 Å². The van der Waals surface area contributed by atoms with Crippen LogP contribution in [0.2, 0.25) is 0 Å². The van der Waals surface area contributed by atoms with Crippen molar-refractivity contribution in [2.24, 2.45) is 5.73 Å². The number of rotatable bonds is 5. The summed E-state index contributed by atoms with van der Waals surface area (Å²) >= 11 is 0. The van der Waals surface area contributed by atoms with Gasteiger partial charge in [-0.05, 0) is 32.0 Å². The minimum Gasteiger partial charge on any atom is -0.450 e. The molecule has 0 saturated heterocycles. The number of ether oxygens (including phenoxy) is 2. The molecule has 0 saturated carbocycles. The molecule has 1 unspecified atom stereocenters. The van der Waals surface area contributed by atoms with Crippen LogP contribution in [0.25, 0.3) is 0 Å². The number of carbonyl (C=O) groups is 3. The van der Waals surface area contributed by atoms with E-state index in [4.69, 9.17) is 15.2 Å². The second-order valence-electron chi connectivity index (χ2n) is 3.88. The minimum absolute atomic E-state index is 0.187. The number of hydrogen-bond acceptors (Lipinski definition) is 5. The van der Waals surface area contributed by atoms with Crippen molar-refractivity contribution >= 4 is 23.7 Å². The van der Waals surface area contributed by atoms with Gasteiger partial charge in [-0.15, -0.1) is 0 Å². The number of primary amides is 1. The van der Waals surface area contributed by atoms with Gasteiger partial charge in [0, 0.05) is 5.69 Å². The van der Waals surface area contributed by atoms with Crippen LogP contribution in [0, 0.1) is 0 Å². The molecule has 0 fully saturated rings. The van der Waals surface area contributed by atoms with Crippen molar-refractivity contribution in [1.82, 2.24) is 0 Å². The van der Waals surface area contributed by atoms with E-state index in [-0.39, 0.29) is 12.2 Å². The Kier molecular flexibility index (Phi) is 5.52. The SMILES string of the molecule is CCOC(=O)Nc1cccc(C(=O)OC(C)C(N)=O)c1. The Hall–Kier alpha value is -2.57. The van der Waals surface area contributed by atoms with Crippen LogP contribution < -0.4 is 11.1 Å². The minimum atomic E-state index is -1.02. The van der Waals surface area contributed by atoms with E-state index in [2.05, 4.69) is 5.32 Å². The first kappa shape index (κ1) is 15.5. The predicted octanol–water partition coefficient (Wildman–Crippen LogP) is 1.29. The van der Waals surface area contributed by atoms with Crippen LogP contribution in [0.1, 0.15) is 24.2 Å². The van der Waals surface area contributed by atoms with Crippen LogP contribution in [0.4, 0.5) is 10.5 Å². The molecule has 0 aliphatic rings. The Bertz CT molecular complexity index is 515. The highest BCUT2D eigenvalue weighted by Gasteiger charge is 2.16. The lowest BCUT2D eigenvalue weighted by molar-refractivity contribution is -0.125. The van der Waals surface area contributed by atoms with Crippen molar-refractivity contribution < 1.29 is 23.9 Å². The van der Waals surface area contributed by atoms with Crippen molar-refractivity contribution in [3.05, 3.63) is 29.8 Å². The molecule has 1 atom stereocenters. The smallest absolute Gasteiger partial charge is 0.411 e. The summed E-state index contributed by atoms with van der Waals surface area (Å²) in [5.74, 6) is -1.44. The van der Waals surface area contributed by atoms with Crippen molar-refractivity contribution in [2.45, 2.75) is 20.0 Å². The standard InChI is InChI=1S/C13H16N2O5/c1-3-19-13(18)15-10-6-4-5-9(7-10)12(17)20-8(2)11(14)16/h4-8H,3H2,1-2H3,(H2,14,16)(H,15,18). The van der Waals surface area contributed by atoms with Gasteiger partial charge in [-0.3, -0.25) is 10.1 Å². The number of nitrogens with one attached hydrogen (secondary N) is 1. The molecular weight excluding hydrogens is 264 g/mol. The van der Waals surface area contributed by atoms with Gasteiger partial charge in [0.2, 0.25) is 0 Å². The van der Waals surface area contributed by atoms with E-state index in [0.29, 0.717) is 5.69 Å². The summed E-state index contributed by atoms with van der Waals surface area (Å²) < 4.78 is 9.56. The molecule has 0 bridgehead atoms. The molecule has 1 aromatic carbocycles. The van der Waals surface area contributed by atoms with Crippen molar-refractivity contribution in [2.75, 3.05) is 11.9 Å². The van der Waals surface area contributed by atoms with E-state index >= 15 is 0 Å². The third-order valence-corrected chi connectivity index (χ3v) is 2.30. The van der Waals surface area contributed by atoms with Crippen molar-refractivity contribution in [3.8, 4) is 0 Å². The fraction of sp³-hybridized carbons (Fsp3) is 0.308. The van der Waals surface area contributed by atoms with Crippen molar-refractivity contribution in [3.63, 3.8) is 0 Å². The maximum atomic E-state index is 11.7. The van der Waals surface area contributed by atoms with Gasteiger partial charge < -0.3 is 15.2 Å². The van der Waals surface area contributed by atoms with Gasteiger partial charge in [-0.2, -0.15) is 0 Å². The summed E-state index contributed by atoms with van der Waals surface area (Å²) in [5.41, 5.74) is 5.57. The van der Waals surface area contributed by atoms with Gasteiger partial charge in [0.15, 0.2) is 6.10 Å². The molecule has 0 aromatic heterocycles. The zero-order valence-corrected chi connectivity index (χ0v) is 11.2. The second-order valence-corrected chi connectivity index (χ2v) is 3.88. The van der Waals surface area contributed by atoms with E-state index in [1.807, 2.05) is 0 Å². The van der Waals surface area contributed by atoms with Gasteiger partial charge in [-0.25, -0.2) is 9.59 Å². The average molecular weight is 280 g/mol. The lowest BCUT2D eigenvalue weighted by Gasteiger charge is -2.10. The molecule has 7 nitrogen and oxygen atoms in total. The molecule has 2 amide bonds. The van der Waals surface area contributed by atoms with E-state index in [9.17, 15) is 14.4 Å². The Morgan fingerprint density at radius 3 is 2.65 bits per heavy atom. The Labute approximate surface area is 116 Å². The summed E-state index contributed by atoms with van der Waals surface area (Å²) in [6.07, 6.45) is -1.65. The molecule has 0 spiro atoms. The lowest BCUT2D eigenvalue weighted by atomic mass is 10.2. The zero-order valence-electron chi connectivity index (χ0n) is 11.2.